The highest BCUT2D eigenvalue weighted by Crippen LogP contribution is 2.39. The molecule has 0 amide bonds. The SMILES string of the molecule is CN1CCc2cc(Cl)c(O)cc2C(C2C=CCCC2)C1. The highest BCUT2D eigenvalue weighted by molar-refractivity contribution is 6.32. The minimum Gasteiger partial charge on any atom is -0.506 e. The normalized spacial score (nSPS) is 27.1. The van der Waals surface area contributed by atoms with Gasteiger partial charge in [0.15, 0.2) is 0 Å². The average molecular weight is 292 g/mol. The van der Waals surface area contributed by atoms with Gasteiger partial charge in [0, 0.05) is 19.0 Å². The molecule has 2 unspecified atom stereocenters. The molecule has 0 fully saturated rings. The summed E-state index contributed by atoms with van der Waals surface area (Å²) in [4.78, 5) is 2.40. The molecule has 1 aromatic rings. The molecule has 0 bridgehead atoms. The summed E-state index contributed by atoms with van der Waals surface area (Å²) >= 11 is 6.09. The van der Waals surface area contributed by atoms with Crippen molar-refractivity contribution >= 4 is 11.6 Å². The summed E-state index contributed by atoms with van der Waals surface area (Å²) in [7, 11) is 2.19. The van der Waals surface area contributed by atoms with Gasteiger partial charge in [-0.1, -0.05) is 23.8 Å². The summed E-state index contributed by atoms with van der Waals surface area (Å²) in [5.41, 5.74) is 2.61. The third kappa shape index (κ3) is 2.72. The molecule has 0 aromatic heterocycles. The Morgan fingerprint density at radius 2 is 2.20 bits per heavy atom. The van der Waals surface area contributed by atoms with Crippen LogP contribution in [0.25, 0.3) is 0 Å². The first-order chi connectivity index (χ1) is 9.65. The second-order valence-electron chi connectivity index (χ2n) is 6.14. The predicted molar refractivity (Wildman–Crippen MR) is 83.5 cm³/mol. The fourth-order valence-corrected chi connectivity index (χ4v) is 3.74. The Balaban J connectivity index is 2.02. The van der Waals surface area contributed by atoms with Gasteiger partial charge in [0.25, 0.3) is 0 Å². The second-order valence-corrected chi connectivity index (χ2v) is 6.55. The van der Waals surface area contributed by atoms with Gasteiger partial charge in [-0.05, 0) is 61.9 Å². The van der Waals surface area contributed by atoms with Crippen LogP contribution in [0.15, 0.2) is 24.3 Å². The number of hydrogen-bond donors (Lipinski definition) is 1. The molecule has 1 N–H and O–H groups in total. The molecule has 108 valence electrons. The van der Waals surface area contributed by atoms with E-state index in [1.807, 2.05) is 12.1 Å². The summed E-state index contributed by atoms with van der Waals surface area (Å²) in [6, 6.07) is 3.87. The summed E-state index contributed by atoms with van der Waals surface area (Å²) < 4.78 is 0. The van der Waals surface area contributed by atoms with Crippen molar-refractivity contribution < 1.29 is 5.11 Å². The molecule has 2 atom stereocenters. The van der Waals surface area contributed by atoms with E-state index < -0.39 is 0 Å². The molecule has 0 saturated carbocycles. The van der Waals surface area contributed by atoms with Gasteiger partial charge in [0.1, 0.15) is 5.75 Å². The van der Waals surface area contributed by atoms with Crippen LogP contribution in [0.1, 0.15) is 36.3 Å². The van der Waals surface area contributed by atoms with E-state index >= 15 is 0 Å². The molecule has 0 saturated heterocycles. The summed E-state index contributed by atoms with van der Waals surface area (Å²) in [5.74, 6) is 1.28. The number of aromatic hydroxyl groups is 1. The third-order valence-electron chi connectivity index (χ3n) is 4.69. The summed E-state index contributed by atoms with van der Waals surface area (Å²) in [6.45, 7) is 2.12. The highest BCUT2D eigenvalue weighted by atomic mass is 35.5. The van der Waals surface area contributed by atoms with E-state index in [2.05, 4.69) is 24.1 Å². The molecule has 1 heterocycles. The Bertz CT molecular complexity index is 526. The summed E-state index contributed by atoms with van der Waals surface area (Å²) in [6.07, 6.45) is 9.43. The molecular weight excluding hydrogens is 270 g/mol. The number of halogens is 1. The maximum Gasteiger partial charge on any atom is 0.134 e. The Morgan fingerprint density at radius 1 is 1.35 bits per heavy atom. The minimum absolute atomic E-state index is 0.222. The van der Waals surface area contributed by atoms with Gasteiger partial charge < -0.3 is 10.0 Å². The van der Waals surface area contributed by atoms with Crippen molar-refractivity contribution in [1.29, 1.82) is 0 Å². The van der Waals surface area contributed by atoms with Crippen molar-refractivity contribution in [2.45, 2.75) is 31.6 Å². The quantitative estimate of drug-likeness (QED) is 0.791. The molecule has 3 rings (SSSR count). The lowest BCUT2D eigenvalue weighted by atomic mass is 9.79. The zero-order valence-electron chi connectivity index (χ0n) is 12.0. The van der Waals surface area contributed by atoms with Crippen LogP contribution < -0.4 is 0 Å². The maximum absolute atomic E-state index is 9.99. The fraction of sp³-hybridized carbons (Fsp3) is 0.529. The Morgan fingerprint density at radius 3 is 2.95 bits per heavy atom. The van der Waals surface area contributed by atoms with Crippen LogP contribution in [0, 0.1) is 5.92 Å². The van der Waals surface area contributed by atoms with E-state index in [4.69, 9.17) is 11.6 Å². The highest BCUT2D eigenvalue weighted by Gasteiger charge is 2.28. The lowest BCUT2D eigenvalue weighted by Gasteiger charge is -2.29. The lowest BCUT2D eigenvalue weighted by Crippen LogP contribution is -2.27. The van der Waals surface area contributed by atoms with Crippen molar-refractivity contribution in [3.05, 3.63) is 40.4 Å². The van der Waals surface area contributed by atoms with Gasteiger partial charge >= 0.3 is 0 Å². The van der Waals surface area contributed by atoms with Crippen LogP contribution in [0.5, 0.6) is 5.75 Å². The number of hydrogen-bond acceptors (Lipinski definition) is 2. The number of fused-ring (bicyclic) bond motifs is 1. The Labute approximate surface area is 126 Å². The minimum atomic E-state index is 0.222. The topological polar surface area (TPSA) is 23.5 Å². The number of phenols is 1. The fourth-order valence-electron chi connectivity index (χ4n) is 3.56. The van der Waals surface area contributed by atoms with Crippen molar-refractivity contribution in [3.63, 3.8) is 0 Å². The Kier molecular flexibility index (Phi) is 4.04. The zero-order valence-corrected chi connectivity index (χ0v) is 12.7. The zero-order chi connectivity index (χ0) is 14.1. The number of benzene rings is 1. The molecule has 2 aliphatic rings. The Hall–Kier alpha value is -0.990. The van der Waals surface area contributed by atoms with E-state index in [1.165, 1.54) is 30.4 Å². The van der Waals surface area contributed by atoms with Crippen molar-refractivity contribution in [2.75, 3.05) is 20.1 Å². The van der Waals surface area contributed by atoms with Gasteiger partial charge in [-0.2, -0.15) is 0 Å². The van der Waals surface area contributed by atoms with Crippen LogP contribution >= 0.6 is 11.6 Å². The summed E-state index contributed by atoms with van der Waals surface area (Å²) in [5, 5.41) is 10.5. The molecule has 1 aliphatic carbocycles. The van der Waals surface area contributed by atoms with Gasteiger partial charge in [-0.25, -0.2) is 0 Å². The second kappa shape index (κ2) is 5.79. The standard InChI is InChI=1S/C17H22ClNO/c1-19-8-7-13-9-16(18)17(20)10-14(13)15(11-19)12-5-3-2-4-6-12/h3,5,9-10,12,15,20H,2,4,6-8,11H2,1H3. The van der Waals surface area contributed by atoms with Crippen LogP contribution in [0.3, 0.4) is 0 Å². The monoisotopic (exact) mass is 291 g/mol. The molecule has 1 aromatic carbocycles. The lowest BCUT2D eigenvalue weighted by molar-refractivity contribution is 0.291. The number of likely N-dealkylation sites (N-methyl/N-ethyl adjacent to an activating group) is 1. The van der Waals surface area contributed by atoms with Crippen molar-refractivity contribution in [2.24, 2.45) is 5.92 Å². The van der Waals surface area contributed by atoms with E-state index in [0.717, 1.165) is 19.5 Å². The van der Waals surface area contributed by atoms with Gasteiger partial charge in [0.05, 0.1) is 5.02 Å². The van der Waals surface area contributed by atoms with Crippen molar-refractivity contribution in [1.82, 2.24) is 4.90 Å². The molecule has 2 nitrogen and oxygen atoms in total. The number of phenolic OH excluding ortho intramolecular Hbond substituents is 1. The van der Waals surface area contributed by atoms with Gasteiger partial charge in [-0.15, -0.1) is 0 Å². The molecular formula is C17H22ClNO. The predicted octanol–water partition coefficient (Wildman–Crippen LogP) is 3.97. The molecule has 0 spiro atoms. The first-order valence-electron chi connectivity index (χ1n) is 7.51. The first-order valence-corrected chi connectivity index (χ1v) is 7.89. The number of rotatable bonds is 1. The van der Waals surface area contributed by atoms with Crippen molar-refractivity contribution in [3.8, 4) is 5.75 Å². The molecule has 3 heteroatoms. The smallest absolute Gasteiger partial charge is 0.134 e. The maximum atomic E-state index is 9.99. The number of allylic oxidation sites excluding steroid dienone is 2. The van der Waals surface area contributed by atoms with Crippen LogP contribution in [0.2, 0.25) is 5.02 Å². The van der Waals surface area contributed by atoms with Gasteiger partial charge in [0.2, 0.25) is 0 Å². The number of nitrogens with zero attached hydrogens (tertiary/aromatic N) is 1. The van der Waals surface area contributed by atoms with Crippen LogP contribution in [-0.2, 0) is 6.42 Å². The van der Waals surface area contributed by atoms with E-state index in [1.54, 1.807) is 0 Å². The largest absolute Gasteiger partial charge is 0.506 e. The van der Waals surface area contributed by atoms with E-state index in [-0.39, 0.29) is 5.75 Å². The molecule has 1 aliphatic heterocycles. The molecule has 0 radical (unpaired) electrons. The van der Waals surface area contributed by atoms with E-state index in [9.17, 15) is 5.11 Å². The van der Waals surface area contributed by atoms with Crippen LogP contribution in [-0.4, -0.2) is 30.1 Å². The molecule has 20 heavy (non-hydrogen) atoms. The van der Waals surface area contributed by atoms with Gasteiger partial charge in [-0.3, -0.25) is 0 Å². The van der Waals surface area contributed by atoms with Crippen LogP contribution in [0.4, 0.5) is 0 Å². The average Bonchev–Trinajstić information content (AvgIpc) is 2.61. The first kappa shape index (κ1) is 14.0. The third-order valence-corrected chi connectivity index (χ3v) is 4.99. The van der Waals surface area contributed by atoms with E-state index in [0.29, 0.717) is 16.9 Å².